The van der Waals surface area contributed by atoms with Crippen molar-refractivity contribution in [1.82, 2.24) is 10.4 Å². The number of amides is 2. The van der Waals surface area contributed by atoms with Crippen LogP contribution in [0.3, 0.4) is 0 Å². The lowest BCUT2D eigenvalue weighted by atomic mass is 10.2. The zero-order chi connectivity index (χ0) is 18.2. The Hall–Kier alpha value is -3.22. The topological polar surface area (TPSA) is 92.7 Å². The molecule has 0 aliphatic carbocycles. The Morgan fingerprint density at radius 2 is 2.08 bits per heavy atom. The van der Waals surface area contributed by atoms with E-state index >= 15 is 0 Å². The molecule has 1 aromatic heterocycles. The molecular formula is C18H20N4O3. The van der Waals surface area contributed by atoms with Crippen LogP contribution >= 0.6 is 0 Å². The summed E-state index contributed by atoms with van der Waals surface area (Å²) in [6, 6.07) is 8.81. The van der Waals surface area contributed by atoms with Gasteiger partial charge in [-0.25, -0.2) is 5.43 Å². The molecule has 2 aromatic rings. The van der Waals surface area contributed by atoms with E-state index in [1.54, 1.807) is 38.4 Å². The first-order chi connectivity index (χ1) is 12.0. The quantitative estimate of drug-likeness (QED) is 0.624. The molecule has 0 unspecified atom stereocenters. The summed E-state index contributed by atoms with van der Waals surface area (Å²) in [4.78, 5) is 27.9. The van der Waals surface area contributed by atoms with E-state index in [1.807, 2.05) is 19.1 Å². The van der Waals surface area contributed by atoms with E-state index in [4.69, 9.17) is 4.74 Å². The summed E-state index contributed by atoms with van der Waals surface area (Å²) >= 11 is 0. The molecule has 2 amide bonds. The monoisotopic (exact) mass is 340 g/mol. The molecule has 7 nitrogen and oxygen atoms in total. The second-order valence-corrected chi connectivity index (χ2v) is 5.46. The van der Waals surface area contributed by atoms with Crippen LogP contribution < -0.4 is 15.5 Å². The van der Waals surface area contributed by atoms with Crippen LogP contribution in [0.2, 0.25) is 0 Å². The van der Waals surface area contributed by atoms with Crippen LogP contribution in [0.4, 0.5) is 5.69 Å². The van der Waals surface area contributed by atoms with E-state index in [-0.39, 0.29) is 18.2 Å². The average Bonchev–Trinajstić information content (AvgIpc) is 2.60. The van der Waals surface area contributed by atoms with Crippen LogP contribution in [-0.2, 0) is 4.79 Å². The minimum atomic E-state index is -0.381. The summed E-state index contributed by atoms with van der Waals surface area (Å²) in [5.74, 6) is -0.0487. The van der Waals surface area contributed by atoms with Crippen molar-refractivity contribution in [2.24, 2.45) is 5.10 Å². The Labute approximate surface area is 146 Å². The molecule has 0 radical (unpaired) electrons. The molecule has 0 bridgehead atoms. The first-order valence-electron chi connectivity index (χ1n) is 7.67. The highest BCUT2D eigenvalue weighted by atomic mass is 16.5. The number of ether oxygens (including phenoxy) is 1. The molecule has 0 atom stereocenters. The average molecular weight is 340 g/mol. The molecule has 1 heterocycles. The van der Waals surface area contributed by atoms with Gasteiger partial charge in [-0.2, -0.15) is 5.10 Å². The van der Waals surface area contributed by atoms with Crippen molar-refractivity contribution in [2.45, 2.75) is 20.3 Å². The van der Waals surface area contributed by atoms with Gasteiger partial charge in [0.2, 0.25) is 5.91 Å². The molecule has 2 rings (SSSR count). The van der Waals surface area contributed by atoms with E-state index in [0.717, 1.165) is 5.56 Å². The van der Waals surface area contributed by atoms with Crippen molar-refractivity contribution in [3.63, 3.8) is 0 Å². The number of rotatable bonds is 6. The van der Waals surface area contributed by atoms with Crippen molar-refractivity contribution >= 4 is 23.2 Å². The lowest BCUT2D eigenvalue weighted by Gasteiger charge is -2.11. The maximum Gasteiger partial charge on any atom is 0.272 e. The first kappa shape index (κ1) is 18.1. The molecule has 7 heteroatoms. The van der Waals surface area contributed by atoms with E-state index in [0.29, 0.717) is 22.7 Å². The van der Waals surface area contributed by atoms with Gasteiger partial charge in [-0.1, -0.05) is 6.07 Å². The van der Waals surface area contributed by atoms with E-state index < -0.39 is 0 Å². The van der Waals surface area contributed by atoms with E-state index in [1.165, 1.54) is 6.20 Å². The molecule has 0 saturated heterocycles. The van der Waals surface area contributed by atoms with E-state index in [2.05, 4.69) is 20.8 Å². The summed E-state index contributed by atoms with van der Waals surface area (Å²) in [7, 11) is 1.54. The predicted molar refractivity (Wildman–Crippen MR) is 95.8 cm³/mol. The minimum Gasteiger partial charge on any atom is -0.495 e. The maximum atomic E-state index is 12.1. The van der Waals surface area contributed by atoms with Gasteiger partial charge in [0, 0.05) is 18.1 Å². The van der Waals surface area contributed by atoms with Gasteiger partial charge in [-0.05, 0) is 43.7 Å². The number of aryl methyl sites for hydroxylation is 1. The molecule has 0 spiro atoms. The van der Waals surface area contributed by atoms with Crippen LogP contribution in [0, 0.1) is 6.92 Å². The fraction of sp³-hybridized carbons (Fsp3) is 0.222. The van der Waals surface area contributed by atoms with Crippen molar-refractivity contribution in [3.05, 3.63) is 53.9 Å². The van der Waals surface area contributed by atoms with Gasteiger partial charge in [0.25, 0.3) is 5.91 Å². The number of methoxy groups -OCH3 is 1. The van der Waals surface area contributed by atoms with Gasteiger partial charge < -0.3 is 10.1 Å². The number of anilines is 1. The molecule has 0 aliphatic heterocycles. The van der Waals surface area contributed by atoms with Gasteiger partial charge in [0.05, 0.1) is 24.8 Å². The van der Waals surface area contributed by atoms with Gasteiger partial charge >= 0.3 is 0 Å². The van der Waals surface area contributed by atoms with Gasteiger partial charge in [0.1, 0.15) is 5.75 Å². The van der Waals surface area contributed by atoms with Crippen LogP contribution in [0.15, 0.2) is 47.8 Å². The number of pyridine rings is 1. The first-order valence-corrected chi connectivity index (χ1v) is 7.67. The number of carbonyl (C=O) groups is 2. The van der Waals surface area contributed by atoms with Crippen LogP contribution in [0.1, 0.15) is 29.3 Å². The standard InChI is InChI=1S/C18H20N4O3/c1-12-6-7-16(25-3)15(9-12)20-17(23)10-13(2)21-22-18(24)14-5-4-8-19-11-14/h4-9,11H,10H2,1-3H3,(H,20,23)(H,22,24)/b21-13+. The third-order valence-corrected chi connectivity index (χ3v) is 3.32. The number of nitrogens with zero attached hydrogens (tertiary/aromatic N) is 2. The fourth-order valence-electron chi connectivity index (χ4n) is 2.09. The van der Waals surface area contributed by atoms with Gasteiger partial charge in [-0.15, -0.1) is 0 Å². The highest BCUT2D eigenvalue weighted by Gasteiger charge is 2.10. The van der Waals surface area contributed by atoms with Crippen LogP contribution in [0.5, 0.6) is 5.75 Å². The number of nitrogens with one attached hydrogen (secondary N) is 2. The lowest BCUT2D eigenvalue weighted by molar-refractivity contribution is -0.115. The fourth-order valence-corrected chi connectivity index (χ4v) is 2.09. The zero-order valence-electron chi connectivity index (χ0n) is 14.4. The lowest BCUT2D eigenvalue weighted by Crippen LogP contribution is -2.21. The number of hydrogen-bond donors (Lipinski definition) is 2. The Morgan fingerprint density at radius 1 is 1.28 bits per heavy atom. The second kappa shape index (κ2) is 8.58. The maximum absolute atomic E-state index is 12.1. The van der Waals surface area contributed by atoms with Gasteiger partial charge in [-0.3, -0.25) is 14.6 Å². The van der Waals surface area contributed by atoms with Crippen LogP contribution in [-0.4, -0.2) is 29.6 Å². The number of hydrazone groups is 1. The summed E-state index contributed by atoms with van der Waals surface area (Å²) in [5.41, 5.74) is 4.88. The summed E-state index contributed by atoms with van der Waals surface area (Å²) < 4.78 is 5.23. The second-order valence-electron chi connectivity index (χ2n) is 5.46. The third-order valence-electron chi connectivity index (χ3n) is 3.32. The predicted octanol–water partition coefficient (Wildman–Crippen LogP) is 2.53. The van der Waals surface area contributed by atoms with Crippen LogP contribution in [0.25, 0.3) is 0 Å². The number of aromatic nitrogens is 1. The van der Waals surface area contributed by atoms with Crippen molar-refractivity contribution in [2.75, 3.05) is 12.4 Å². The number of benzene rings is 1. The smallest absolute Gasteiger partial charge is 0.272 e. The Bertz CT molecular complexity index is 788. The molecule has 130 valence electrons. The normalized spacial score (nSPS) is 10.9. The largest absolute Gasteiger partial charge is 0.495 e. The number of carbonyl (C=O) groups excluding carboxylic acids is 2. The highest BCUT2D eigenvalue weighted by Crippen LogP contribution is 2.25. The van der Waals surface area contributed by atoms with E-state index in [9.17, 15) is 9.59 Å². The Balaban J connectivity index is 1.94. The Kier molecular flexibility index (Phi) is 6.22. The van der Waals surface area contributed by atoms with Crippen molar-refractivity contribution < 1.29 is 14.3 Å². The SMILES string of the molecule is COc1ccc(C)cc1NC(=O)C/C(C)=N/NC(=O)c1cccnc1. The summed E-state index contributed by atoms with van der Waals surface area (Å²) in [6.07, 6.45) is 3.07. The molecule has 0 saturated carbocycles. The summed E-state index contributed by atoms with van der Waals surface area (Å²) in [5, 5.41) is 6.72. The molecule has 1 aromatic carbocycles. The van der Waals surface area contributed by atoms with Gasteiger partial charge in [0.15, 0.2) is 0 Å². The molecule has 2 N–H and O–H groups in total. The highest BCUT2D eigenvalue weighted by molar-refractivity contribution is 6.06. The minimum absolute atomic E-state index is 0.0460. The molecular weight excluding hydrogens is 320 g/mol. The van der Waals surface area contributed by atoms with Crippen molar-refractivity contribution in [1.29, 1.82) is 0 Å². The van der Waals surface area contributed by atoms with Crippen molar-refractivity contribution in [3.8, 4) is 5.75 Å². The Morgan fingerprint density at radius 3 is 2.76 bits per heavy atom. The summed E-state index contributed by atoms with van der Waals surface area (Å²) in [6.45, 7) is 3.59. The molecule has 0 aliphatic rings. The zero-order valence-corrected chi connectivity index (χ0v) is 14.4. The number of hydrogen-bond acceptors (Lipinski definition) is 5. The molecule has 25 heavy (non-hydrogen) atoms. The molecule has 0 fully saturated rings. The third kappa shape index (κ3) is 5.42.